The lowest BCUT2D eigenvalue weighted by molar-refractivity contribution is -0.158. The van der Waals surface area contributed by atoms with Crippen molar-refractivity contribution < 1.29 is 24.5 Å². The maximum Gasteiger partial charge on any atom is 0.318 e. The third-order valence-electron chi connectivity index (χ3n) is 5.10. The zero-order chi connectivity index (χ0) is 22.1. The number of rotatable bonds is 4. The summed E-state index contributed by atoms with van der Waals surface area (Å²) >= 11 is 0. The third-order valence-corrected chi connectivity index (χ3v) is 5.10. The SMILES string of the molecule is Nc1ccc2ccc(CC(=O)OC(=O)Cc3ccc4ccc(N)cc4c3O)c(O)c2c1. The summed E-state index contributed by atoms with van der Waals surface area (Å²) in [7, 11) is 0. The molecule has 0 bridgehead atoms. The molecule has 0 aliphatic carbocycles. The first kappa shape index (κ1) is 20.0. The number of nitrogens with two attached hydrogens (primary N) is 2. The summed E-state index contributed by atoms with van der Waals surface area (Å²) in [5.74, 6) is -1.79. The molecular formula is C24H20N2O5. The molecule has 4 aromatic rings. The van der Waals surface area contributed by atoms with Crippen LogP contribution in [0.3, 0.4) is 0 Å². The molecule has 0 radical (unpaired) electrons. The van der Waals surface area contributed by atoms with Crippen molar-refractivity contribution in [2.24, 2.45) is 0 Å². The Labute approximate surface area is 177 Å². The number of ether oxygens (including phenoxy) is 1. The van der Waals surface area contributed by atoms with Crippen molar-refractivity contribution in [1.82, 2.24) is 0 Å². The maximum absolute atomic E-state index is 12.3. The number of hydrogen-bond donors (Lipinski definition) is 4. The van der Waals surface area contributed by atoms with Crippen LogP contribution < -0.4 is 11.5 Å². The van der Waals surface area contributed by atoms with E-state index >= 15 is 0 Å². The highest BCUT2D eigenvalue weighted by Crippen LogP contribution is 2.32. The summed E-state index contributed by atoms with van der Waals surface area (Å²) in [6.45, 7) is 0. The lowest BCUT2D eigenvalue weighted by Gasteiger charge is -2.10. The Morgan fingerprint density at radius 1 is 0.677 bits per heavy atom. The van der Waals surface area contributed by atoms with Crippen LogP contribution in [0.15, 0.2) is 60.7 Å². The van der Waals surface area contributed by atoms with E-state index in [4.69, 9.17) is 16.2 Å². The normalized spacial score (nSPS) is 11.0. The summed E-state index contributed by atoms with van der Waals surface area (Å²) in [6, 6.07) is 16.9. The zero-order valence-corrected chi connectivity index (χ0v) is 16.5. The number of phenols is 2. The van der Waals surface area contributed by atoms with Gasteiger partial charge in [-0.3, -0.25) is 9.59 Å². The molecule has 6 N–H and O–H groups in total. The maximum atomic E-state index is 12.3. The van der Waals surface area contributed by atoms with Gasteiger partial charge < -0.3 is 26.4 Å². The smallest absolute Gasteiger partial charge is 0.318 e. The van der Waals surface area contributed by atoms with Gasteiger partial charge in [0.15, 0.2) is 0 Å². The van der Waals surface area contributed by atoms with Crippen molar-refractivity contribution in [3.63, 3.8) is 0 Å². The first-order valence-electron chi connectivity index (χ1n) is 9.55. The van der Waals surface area contributed by atoms with Crippen molar-refractivity contribution in [2.75, 3.05) is 11.5 Å². The second-order valence-corrected chi connectivity index (χ2v) is 7.31. The molecule has 0 heterocycles. The molecule has 7 heteroatoms. The average molecular weight is 416 g/mol. The van der Waals surface area contributed by atoms with E-state index in [0.717, 1.165) is 10.8 Å². The Morgan fingerprint density at radius 2 is 1.06 bits per heavy atom. The number of carbonyl (C=O) groups is 2. The molecule has 0 fully saturated rings. The van der Waals surface area contributed by atoms with Gasteiger partial charge in [0.25, 0.3) is 0 Å². The number of fused-ring (bicyclic) bond motifs is 2. The van der Waals surface area contributed by atoms with Crippen LogP contribution in [0.25, 0.3) is 21.5 Å². The minimum absolute atomic E-state index is 0.0843. The molecular weight excluding hydrogens is 396 g/mol. The van der Waals surface area contributed by atoms with Crippen LogP contribution in [0.4, 0.5) is 11.4 Å². The molecule has 0 amide bonds. The first-order chi connectivity index (χ1) is 14.8. The van der Waals surface area contributed by atoms with Gasteiger partial charge in [-0.05, 0) is 35.0 Å². The molecule has 31 heavy (non-hydrogen) atoms. The number of aromatic hydroxyl groups is 2. The second-order valence-electron chi connectivity index (χ2n) is 7.31. The van der Waals surface area contributed by atoms with Crippen molar-refractivity contribution in [1.29, 1.82) is 0 Å². The zero-order valence-electron chi connectivity index (χ0n) is 16.5. The van der Waals surface area contributed by atoms with E-state index in [-0.39, 0.29) is 24.3 Å². The Hall–Kier alpha value is -4.26. The van der Waals surface area contributed by atoms with E-state index in [9.17, 15) is 19.8 Å². The largest absolute Gasteiger partial charge is 0.507 e. The van der Waals surface area contributed by atoms with Gasteiger partial charge in [0.2, 0.25) is 0 Å². The van der Waals surface area contributed by atoms with Crippen LogP contribution in [0.1, 0.15) is 11.1 Å². The Balaban J connectivity index is 1.48. The molecule has 0 aliphatic heterocycles. The monoisotopic (exact) mass is 416 g/mol. The fourth-order valence-corrected chi connectivity index (χ4v) is 3.53. The van der Waals surface area contributed by atoms with E-state index < -0.39 is 11.9 Å². The quantitative estimate of drug-likeness (QED) is 0.227. The topological polar surface area (TPSA) is 136 Å². The summed E-state index contributed by atoms with van der Waals surface area (Å²) in [4.78, 5) is 24.5. The highest BCUT2D eigenvalue weighted by molar-refractivity contribution is 5.95. The molecule has 0 aromatic heterocycles. The minimum atomic E-state index is -0.812. The van der Waals surface area contributed by atoms with Gasteiger partial charge in [-0.15, -0.1) is 0 Å². The average Bonchev–Trinajstić information content (AvgIpc) is 2.73. The predicted octanol–water partition coefficient (Wildman–Crippen LogP) is 3.42. The van der Waals surface area contributed by atoms with Crippen LogP contribution in [0, 0.1) is 0 Å². The Kier molecular flexibility index (Phi) is 5.09. The molecule has 0 saturated carbocycles. The molecule has 0 unspecified atom stereocenters. The molecule has 0 atom stereocenters. The summed E-state index contributed by atoms with van der Waals surface area (Å²) in [5, 5.41) is 23.5. The van der Waals surface area contributed by atoms with Gasteiger partial charge in [-0.25, -0.2) is 0 Å². The fraction of sp³-hybridized carbons (Fsp3) is 0.0833. The molecule has 7 nitrogen and oxygen atoms in total. The molecule has 156 valence electrons. The fourth-order valence-electron chi connectivity index (χ4n) is 3.53. The predicted molar refractivity (Wildman–Crippen MR) is 119 cm³/mol. The molecule has 0 spiro atoms. The van der Waals surface area contributed by atoms with Crippen LogP contribution >= 0.6 is 0 Å². The molecule has 0 aliphatic rings. The number of hydrogen-bond acceptors (Lipinski definition) is 7. The van der Waals surface area contributed by atoms with Crippen molar-refractivity contribution in [3.05, 3.63) is 71.8 Å². The molecule has 4 rings (SSSR count). The summed E-state index contributed by atoms with van der Waals surface area (Å²) < 4.78 is 4.89. The number of nitrogen functional groups attached to an aromatic ring is 2. The lowest BCUT2D eigenvalue weighted by Crippen LogP contribution is -2.16. The number of benzene rings is 4. The van der Waals surface area contributed by atoms with E-state index in [1.54, 1.807) is 60.7 Å². The highest BCUT2D eigenvalue weighted by Gasteiger charge is 2.17. The van der Waals surface area contributed by atoms with Gasteiger partial charge in [-0.2, -0.15) is 0 Å². The lowest BCUT2D eigenvalue weighted by atomic mass is 10.0. The van der Waals surface area contributed by atoms with Crippen molar-refractivity contribution >= 4 is 44.9 Å². The second kappa shape index (κ2) is 7.87. The number of anilines is 2. The molecule has 0 saturated heterocycles. The van der Waals surface area contributed by atoms with E-state index in [1.807, 2.05) is 0 Å². The van der Waals surface area contributed by atoms with E-state index in [0.29, 0.717) is 33.3 Å². The van der Waals surface area contributed by atoms with Gasteiger partial charge in [0.05, 0.1) is 12.8 Å². The highest BCUT2D eigenvalue weighted by atomic mass is 16.6. The summed E-state index contributed by atoms with van der Waals surface area (Å²) in [5.41, 5.74) is 13.1. The number of esters is 2. The number of carbonyl (C=O) groups excluding carboxylic acids is 2. The van der Waals surface area contributed by atoms with Gasteiger partial charge in [0.1, 0.15) is 11.5 Å². The van der Waals surface area contributed by atoms with Crippen LogP contribution in [0.5, 0.6) is 11.5 Å². The van der Waals surface area contributed by atoms with Crippen molar-refractivity contribution in [3.8, 4) is 11.5 Å². The van der Waals surface area contributed by atoms with Crippen LogP contribution in [0.2, 0.25) is 0 Å². The third kappa shape index (κ3) is 4.06. The Morgan fingerprint density at radius 3 is 1.48 bits per heavy atom. The standard InChI is InChI=1S/C24H20N2O5/c25-17-7-5-13-1-3-15(23(29)19(13)11-17)9-21(27)31-22(28)10-16-4-2-14-6-8-18(26)12-20(14)24(16)30/h1-8,11-12,29-30H,9-10,25-26H2. The van der Waals surface area contributed by atoms with Crippen LogP contribution in [-0.4, -0.2) is 22.2 Å². The summed E-state index contributed by atoms with van der Waals surface area (Å²) in [6.07, 6.45) is -0.578. The van der Waals surface area contributed by atoms with E-state index in [1.165, 1.54) is 0 Å². The van der Waals surface area contributed by atoms with Gasteiger partial charge >= 0.3 is 11.9 Å². The first-order valence-corrected chi connectivity index (χ1v) is 9.55. The number of phenolic OH excluding ortho intramolecular Hbond substituents is 2. The van der Waals surface area contributed by atoms with Gasteiger partial charge in [0, 0.05) is 33.3 Å². The molecule has 4 aromatic carbocycles. The minimum Gasteiger partial charge on any atom is -0.507 e. The van der Waals surface area contributed by atoms with Gasteiger partial charge in [-0.1, -0.05) is 36.4 Å². The van der Waals surface area contributed by atoms with Crippen molar-refractivity contribution in [2.45, 2.75) is 12.8 Å². The Bertz CT molecular complexity index is 1240. The van der Waals surface area contributed by atoms with E-state index in [2.05, 4.69) is 0 Å². The van der Waals surface area contributed by atoms with Crippen LogP contribution in [-0.2, 0) is 27.2 Å².